The number of rotatable bonds is 5. The van der Waals surface area contributed by atoms with Crippen LogP contribution in [0.15, 0.2) is 180 Å². The Morgan fingerprint density at radius 2 is 1.02 bits per heavy atom. The normalized spacial score (nSPS) is 11.7. The second-order valence-corrected chi connectivity index (χ2v) is 13.6. The lowest BCUT2D eigenvalue weighted by molar-refractivity contribution is 0.669. The minimum Gasteiger partial charge on any atom is -0.456 e. The lowest BCUT2D eigenvalue weighted by atomic mass is 9.95. The Bertz CT molecular complexity index is 2830. The highest BCUT2D eigenvalue weighted by atomic mass is 32.1. The van der Waals surface area contributed by atoms with E-state index in [1.807, 2.05) is 23.5 Å². The molecule has 0 atom stereocenters. The van der Waals surface area contributed by atoms with Crippen molar-refractivity contribution in [3.63, 3.8) is 0 Å². The van der Waals surface area contributed by atoms with E-state index in [0.29, 0.717) is 0 Å². The first kappa shape index (κ1) is 27.9. The standard InChI is InChI=1S/C46H29NOS/c1-2-11-30(12-3-1)32-13-10-14-34(27-32)47(35-25-26-38-37-16-6-8-19-43(37)48-44(38)28-35)33-23-21-31(22-24-33)41-29-42-39-17-7-9-20-45(39)49-46(42)40-18-5-4-15-36(40)41/h1-29H. The number of thiophene rings is 1. The number of fused-ring (bicyclic) bond motifs is 8. The van der Waals surface area contributed by atoms with Gasteiger partial charge in [-0.2, -0.15) is 0 Å². The van der Waals surface area contributed by atoms with Crippen molar-refractivity contribution in [2.24, 2.45) is 0 Å². The summed E-state index contributed by atoms with van der Waals surface area (Å²) in [5, 5.41) is 7.47. The van der Waals surface area contributed by atoms with Crippen molar-refractivity contribution < 1.29 is 4.42 Å². The predicted molar refractivity (Wildman–Crippen MR) is 210 cm³/mol. The molecule has 0 amide bonds. The molecule has 230 valence electrons. The number of nitrogens with zero attached hydrogens (tertiary/aromatic N) is 1. The summed E-state index contributed by atoms with van der Waals surface area (Å²) in [4.78, 5) is 2.33. The predicted octanol–water partition coefficient (Wildman–Crippen LogP) is 13.9. The molecule has 0 spiro atoms. The van der Waals surface area contributed by atoms with E-state index in [-0.39, 0.29) is 0 Å². The molecule has 0 saturated carbocycles. The summed E-state index contributed by atoms with van der Waals surface area (Å²) in [6, 6.07) is 63.2. The van der Waals surface area contributed by atoms with Gasteiger partial charge in [0.25, 0.3) is 0 Å². The maximum atomic E-state index is 6.36. The molecule has 0 radical (unpaired) electrons. The highest BCUT2D eigenvalue weighted by Crippen LogP contribution is 2.44. The van der Waals surface area contributed by atoms with Crippen LogP contribution < -0.4 is 4.90 Å². The Morgan fingerprint density at radius 3 is 1.88 bits per heavy atom. The van der Waals surface area contributed by atoms with Gasteiger partial charge in [-0.15, -0.1) is 11.3 Å². The average molecular weight is 644 g/mol. The van der Waals surface area contributed by atoms with E-state index in [1.54, 1.807) is 0 Å². The second kappa shape index (κ2) is 11.2. The van der Waals surface area contributed by atoms with Crippen molar-refractivity contribution in [1.82, 2.24) is 0 Å². The van der Waals surface area contributed by atoms with Crippen molar-refractivity contribution >= 4 is 81.3 Å². The van der Waals surface area contributed by atoms with Crippen molar-refractivity contribution in [2.75, 3.05) is 4.90 Å². The number of hydrogen-bond acceptors (Lipinski definition) is 3. The zero-order valence-electron chi connectivity index (χ0n) is 26.5. The van der Waals surface area contributed by atoms with Gasteiger partial charge in [0, 0.05) is 59.5 Å². The second-order valence-electron chi connectivity index (χ2n) is 12.5. The fourth-order valence-electron chi connectivity index (χ4n) is 7.33. The molecule has 3 heteroatoms. The Hall–Kier alpha value is -6.16. The molecule has 2 aromatic heterocycles. The maximum absolute atomic E-state index is 6.36. The van der Waals surface area contributed by atoms with Gasteiger partial charge in [0.15, 0.2) is 0 Å². The van der Waals surface area contributed by atoms with Gasteiger partial charge < -0.3 is 9.32 Å². The minimum absolute atomic E-state index is 0.877. The number of anilines is 3. The molecule has 0 N–H and O–H groups in total. The molecule has 8 aromatic carbocycles. The molecule has 0 aliphatic rings. The summed E-state index contributed by atoms with van der Waals surface area (Å²) < 4.78 is 9.03. The van der Waals surface area contributed by atoms with E-state index in [4.69, 9.17) is 4.42 Å². The van der Waals surface area contributed by atoms with Gasteiger partial charge in [0.2, 0.25) is 0 Å². The van der Waals surface area contributed by atoms with E-state index < -0.39 is 0 Å². The summed E-state index contributed by atoms with van der Waals surface area (Å²) in [7, 11) is 0. The van der Waals surface area contributed by atoms with E-state index in [9.17, 15) is 0 Å². The number of furan rings is 1. The van der Waals surface area contributed by atoms with Gasteiger partial charge in [-0.25, -0.2) is 0 Å². The van der Waals surface area contributed by atoms with Crippen LogP contribution in [-0.4, -0.2) is 0 Å². The van der Waals surface area contributed by atoms with Crippen LogP contribution in [0.5, 0.6) is 0 Å². The molecule has 0 saturated heterocycles. The Labute approximate surface area is 287 Å². The van der Waals surface area contributed by atoms with Gasteiger partial charge >= 0.3 is 0 Å². The largest absolute Gasteiger partial charge is 0.456 e. The van der Waals surface area contributed by atoms with Crippen LogP contribution in [0.4, 0.5) is 17.1 Å². The van der Waals surface area contributed by atoms with Gasteiger partial charge in [0.1, 0.15) is 11.2 Å². The third kappa shape index (κ3) is 4.62. The molecule has 2 nitrogen and oxygen atoms in total. The third-order valence-corrected chi connectivity index (χ3v) is 10.9. The first-order chi connectivity index (χ1) is 24.3. The van der Waals surface area contributed by atoms with Crippen LogP contribution >= 0.6 is 11.3 Å². The lowest BCUT2D eigenvalue weighted by Gasteiger charge is -2.26. The summed E-state index contributed by atoms with van der Waals surface area (Å²) in [6.07, 6.45) is 0. The Balaban J connectivity index is 1.14. The molecule has 10 aromatic rings. The van der Waals surface area contributed by atoms with Crippen molar-refractivity contribution in [3.05, 3.63) is 176 Å². The molecule has 10 rings (SSSR count). The van der Waals surface area contributed by atoms with Gasteiger partial charge in [-0.1, -0.05) is 115 Å². The molecule has 0 bridgehead atoms. The lowest BCUT2D eigenvalue weighted by Crippen LogP contribution is -2.10. The quantitative estimate of drug-likeness (QED) is 0.186. The molecule has 0 fully saturated rings. The van der Waals surface area contributed by atoms with Crippen LogP contribution in [0.25, 0.3) is 75.1 Å². The molecule has 0 aliphatic carbocycles. The first-order valence-corrected chi connectivity index (χ1v) is 17.4. The molecule has 0 aliphatic heterocycles. The van der Waals surface area contributed by atoms with Crippen LogP contribution in [0, 0.1) is 0 Å². The van der Waals surface area contributed by atoms with Crippen molar-refractivity contribution in [3.8, 4) is 22.3 Å². The van der Waals surface area contributed by atoms with Gasteiger partial charge in [-0.05, 0) is 82.2 Å². The fourth-order valence-corrected chi connectivity index (χ4v) is 8.55. The van der Waals surface area contributed by atoms with E-state index in [1.165, 1.54) is 53.2 Å². The van der Waals surface area contributed by atoms with Crippen LogP contribution in [-0.2, 0) is 0 Å². The third-order valence-electron chi connectivity index (χ3n) is 9.65. The zero-order valence-corrected chi connectivity index (χ0v) is 27.3. The number of para-hydroxylation sites is 1. The SMILES string of the molecule is c1ccc(-c2cccc(N(c3ccc(-c4cc5c6ccccc6sc5c5ccccc45)cc3)c3ccc4c(c3)oc3ccccc34)c2)cc1. The summed E-state index contributed by atoms with van der Waals surface area (Å²) in [6.45, 7) is 0. The van der Waals surface area contributed by atoms with Crippen molar-refractivity contribution in [1.29, 1.82) is 0 Å². The topological polar surface area (TPSA) is 16.4 Å². The van der Waals surface area contributed by atoms with Crippen LogP contribution in [0.2, 0.25) is 0 Å². The fraction of sp³-hybridized carbons (Fsp3) is 0. The van der Waals surface area contributed by atoms with E-state index >= 15 is 0 Å². The number of benzene rings is 8. The number of hydrogen-bond donors (Lipinski definition) is 0. The van der Waals surface area contributed by atoms with Crippen molar-refractivity contribution in [2.45, 2.75) is 0 Å². The Morgan fingerprint density at radius 1 is 0.367 bits per heavy atom. The molecular formula is C46H29NOS. The van der Waals surface area contributed by atoms with Gasteiger partial charge in [0.05, 0.1) is 0 Å². The molecule has 2 heterocycles. The molecular weight excluding hydrogens is 615 g/mol. The molecule has 0 unspecified atom stereocenters. The van der Waals surface area contributed by atoms with E-state index in [2.05, 4.69) is 169 Å². The van der Waals surface area contributed by atoms with Gasteiger partial charge in [-0.3, -0.25) is 0 Å². The highest BCUT2D eigenvalue weighted by Gasteiger charge is 2.18. The maximum Gasteiger partial charge on any atom is 0.137 e. The summed E-state index contributed by atoms with van der Waals surface area (Å²) in [5.41, 5.74) is 9.80. The monoisotopic (exact) mass is 643 g/mol. The van der Waals surface area contributed by atoms with Crippen LogP contribution in [0.3, 0.4) is 0 Å². The summed E-state index contributed by atoms with van der Waals surface area (Å²) >= 11 is 1.88. The van der Waals surface area contributed by atoms with E-state index in [0.717, 1.165) is 39.0 Å². The van der Waals surface area contributed by atoms with Crippen LogP contribution in [0.1, 0.15) is 0 Å². The summed E-state index contributed by atoms with van der Waals surface area (Å²) in [5.74, 6) is 0. The average Bonchev–Trinajstić information content (AvgIpc) is 3.74. The minimum atomic E-state index is 0.877. The smallest absolute Gasteiger partial charge is 0.137 e. The Kier molecular flexibility index (Phi) is 6.39. The zero-order chi connectivity index (χ0) is 32.3. The first-order valence-electron chi connectivity index (χ1n) is 16.6. The molecule has 49 heavy (non-hydrogen) atoms. The highest BCUT2D eigenvalue weighted by molar-refractivity contribution is 7.26.